The summed E-state index contributed by atoms with van der Waals surface area (Å²) in [5, 5.41) is 37.3. The maximum absolute atomic E-state index is 11.9. The summed E-state index contributed by atoms with van der Waals surface area (Å²) >= 11 is 0. The van der Waals surface area contributed by atoms with Crippen LogP contribution < -0.4 is 5.32 Å². The molecule has 0 bridgehead atoms. The van der Waals surface area contributed by atoms with Crippen LogP contribution in [0.1, 0.15) is 12.1 Å². The molecular formula is C13H13N5O6. The summed E-state index contributed by atoms with van der Waals surface area (Å²) in [5.41, 5.74) is -0.276. The van der Waals surface area contributed by atoms with Gasteiger partial charge in [-0.3, -0.25) is 29.7 Å². The zero-order valence-corrected chi connectivity index (χ0v) is 12.5. The second kappa shape index (κ2) is 6.73. The monoisotopic (exact) mass is 335 g/mol. The number of aromatic hydroxyl groups is 1. The van der Waals surface area contributed by atoms with Crippen molar-refractivity contribution in [3.05, 3.63) is 50.3 Å². The van der Waals surface area contributed by atoms with Gasteiger partial charge in [-0.05, 0) is 13.0 Å². The van der Waals surface area contributed by atoms with Crippen LogP contribution in [0.25, 0.3) is 0 Å². The van der Waals surface area contributed by atoms with E-state index >= 15 is 0 Å². The van der Waals surface area contributed by atoms with Gasteiger partial charge in [0.05, 0.1) is 15.5 Å². The van der Waals surface area contributed by atoms with Gasteiger partial charge in [0, 0.05) is 25.1 Å². The number of phenolic OH excluding ortho intramolecular Hbond substituents is 1. The minimum Gasteiger partial charge on any atom is -0.506 e. The lowest BCUT2D eigenvalue weighted by Crippen LogP contribution is -2.15. The fourth-order valence-electron chi connectivity index (χ4n) is 1.97. The van der Waals surface area contributed by atoms with E-state index in [2.05, 4.69) is 10.4 Å². The van der Waals surface area contributed by atoms with Gasteiger partial charge >= 0.3 is 5.69 Å². The van der Waals surface area contributed by atoms with E-state index in [1.54, 1.807) is 0 Å². The number of carbonyl (C=O) groups excluding carboxylic acids is 1. The molecule has 0 fully saturated rings. The topological polar surface area (TPSA) is 153 Å². The van der Waals surface area contributed by atoms with E-state index in [0.717, 1.165) is 18.2 Å². The van der Waals surface area contributed by atoms with Crippen molar-refractivity contribution in [2.75, 3.05) is 5.32 Å². The average molecular weight is 335 g/mol. The molecule has 0 radical (unpaired) electrons. The van der Waals surface area contributed by atoms with Crippen LogP contribution in [0.5, 0.6) is 5.75 Å². The first kappa shape index (κ1) is 16.9. The van der Waals surface area contributed by atoms with E-state index in [1.165, 1.54) is 17.8 Å². The Morgan fingerprint density at radius 2 is 2.04 bits per heavy atom. The van der Waals surface area contributed by atoms with Crippen molar-refractivity contribution >= 4 is 23.0 Å². The number of aromatic nitrogens is 2. The van der Waals surface area contributed by atoms with Gasteiger partial charge in [-0.2, -0.15) is 5.10 Å². The summed E-state index contributed by atoms with van der Waals surface area (Å²) in [6.07, 6.45) is 1.13. The summed E-state index contributed by atoms with van der Waals surface area (Å²) in [4.78, 5) is 32.1. The third-order valence-corrected chi connectivity index (χ3v) is 3.15. The molecule has 11 nitrogen and oxygen atoms in total. The van der Waals surface area contributed by atoms with Gasteiger partial charge in [0.2, 0.25) is 5.91 Å². The molecule has 0 aliphatic heterocycles. The number of nitrogens with zero attached hydrogens (tertiary/aromatic N) is 4. The van der Waals surface area contributed by atoms with E-state index < -0.39 is 15.8 Å². The quantitative estimate of drug-likeness (QED) is 0.463. The van der Waals surface area contributed by atoms with Crippen LogP contribution in [0.3, 0.4) is 0 Å². The van der Waals surface area contributed by atoms with Crippen LogP contribution in [-0.4, -0.2) is 30.6 Å². The highest BCUT2D eigenvalue weighted by atomic mass is 16.6. The zero-order valence-electron chi connectivity index (χ0n) is 12.5. The molecule has 0 spiro atoms. The molecule has 11 heteroatoms. The van der Waals surface area contributed by atoms with Crippen molar-refractivity contribution in [1.82, 2.24) is 9.78 Å². The predicted octanol–water partition coefficient (Wildman–Crippen LogP) is 1.74. The number of nitrogens with one attached hydrogen (secondary N) is 1. The molecule has 2 N–H and O–H groups in total. The SMILES string of the molecule is Cc1nn(CCC(=O)Nc2cc([N+](=O)[O-])ccc2O)cc1[N+](=O)[O-]. The highest BCUT2D eigenvalue weighted by Gasteiger charge is 2.16. The van der Waals surface area contributed by atoms with E-state index in [1.807, 2.05) is 0 Å². The van der Waals surface area contributed by atoms with Crippen LogP contribution in [0, 0.1) is 27.2 Å². The molecule has 0 aliphatic rings. The number of nitro benzene ring substituents is 1. The van der Waals surface area contributed by atoms with Gasteiger partial charge in [-0.25, -0.2) is 0 Å². The summed E-state index contributed by atoms with van der Waals surface area (Å²) in [6, 6.07) is 3.25. The molecule has 1 amide bonds. The molecule has 2 aromatic rings. The Balaban J connectivity index is 2.01. The van der Waals surface area contributed by atoms with E-state index in [4.69, 9.17) is 0 Å². The van der Waals surface area contributed by atoms with Gasteiger partial charge in [-0.1, -0.05) is 0 Å². The molecule has 1 heterocycles. The largest absolute Gasteiger partial charge is 0.506 e. The van der Waals surface area contributed by atoms with E-state index in [-0.39, 0.29) is 41.5 Å². The Morgan fingerprint density at radius 1 is 1.33 bits per heavy atom. The molecule has 1 aromatic heterocycles. The third kappa shape index (κ3) is 3.82. The molecule has 24 heavy (non-hydrogen) atoms. The number of anilines is 1. The molecule has 2 rings (SSSR count). The number of benzene rings is 1. The number of nitro groups is 2. The number of amides is 1. The Hall–Kier alpha value is -3.50. The summed E-state index contributed by atoms with van der Waals surface area (Å²) in [5.74, 6) is -0.832. The Kier molecular flexibility index (Phi) is 4.73. The number of carbonyl (C=O) groups is 1. The number of hydrogen-bond acceptors (Lipinski definition) is 7. The molecule has 0 saturated heterocycles. The van der Waals surface area contributed by atoms with Crippen molar-refractivity contribution in [1.29, 1.82) is 0 Å². The molecule has 0 aliphatic carbocycles. The smallest absolute Gasteiger partial charge is 0.309 e. The number of non-ortho nitro benzene ring substituents is 1. The summed E-state index contributed by atoms with van der Waals surface area (Å²) in [7, 11) is 0. The predicted molar refractivity (Wildman–Crippen MR) is 81.6 cm³/mol. The van der Waals surface area contributed by atoms with E-state index in [0.29, 0.717) is 0 Å². The fraction of sp³-hybridized carbons (Fsp3) is 0.231. The second-order valence-electron chi connectivity index (χ2n) is 4.88. The van der Waals surface area contributed by atoms with Gasteiger partial charge in [0.15, 0.2) is 0 Å². The Bertz CT molecular complexity index is 815. The van der Waals surface area contributed by atoms with E-state index in [9.17, 15) is 30.1 Å². The van der Waals surface area contributed by atoms with Gasteiger partial charge in [0.1, 0.15) is 17.6 Å². The second-order valence-corrected chi connectivity index (χ2v) is 4.88. The summed E-state index contributed by atoms with van der Waals surface area (Å²) in [6.45, 7) is 1.56. The lowest BCUT2D eigenvalue weighted by atomic mass is 10.2. The highest BCUT2D eigenvalue weighted by molar-refractivity contribution is 5.92. The number of hydrogen-bond donors (Lipinski definition) is 2. The molecule has 0 saturated carbocycles. The van der Waals surface area contributed by atoms with Gasteiger partial charge < -0.3 is 10.4 Å². The Morgan fingerprint density at radius 3 is 2.62 bits per heavy atom. The number of rotatable bonds is 6. The molecular weight excluding hydrogens is 322 g/mol. The number of phenols is 1. The normalized spacial score (nSPS) is 10.4. The maximum Gasteiger partial charge on any atom is 0.309 e. The van der Waals surface area contributed by atoms with Crippen molar-refractivity contribution in [2.45, 2.75) is 19.9 Å². The van der Waals surface area contributed by atoms with Crippen LogP contribution in [0.15, 0.2) is 24.4 Å². The third-order valence-electron chi connectivity index (χ3n) is 3.15. The lowest BCUT2D eigenvalue weighted by molar-refractivity contribution is -0.385. The molecule has 0 atom stereocenters. The zero-order chi connectivity index (χ0) is 17.9. The maximum atomic E-state index is 11.9. The van der Waals surface area contributed by atoms with Crippen molar-refractivity contribution in [3.8, 4) is 5.75 Å². The minimum atomic E-state index is -0.652. The lowest BCUT2D eigenvalue weighted by Gasteiger charge is -2.07. The average Bonchev–Trinajstić information content (AvgIpc) is 2.88. The van der Waals surface area contributed by atoms with Crippen LogP contribution in [0.2, 0.25) is 0 Å². The standard InChI is InChI=1S/C13H13N5O6/c1-8-11(18(23)24)7-16(15-8)5-4-13(20)14-10-6-9(17(21)22)2-3-12(10)19/h2-3,6-7,19H,4-5H2,1H3,(H,14,20). The summed E-state index contributed by atoms with van der Waals surface area (Å²) < 4.78 is 1.26. The minimum absolute atomic E-state index is 0.0796. The van der Waals surface area contributed by atoms with Crippen LogP contribution in [0.4, 0.5) is 17.1 Å². The van der Waals surface area contributed by atoms with Crippen molar-refractivity contribution in [3.63, 3.8) is 0 Å². The van der Waals surface area contributed by atoms with Crippen LogP contribution >= 0.6 is 0 Å². The van der Waals surface area contributed by atoms with Crippen LogP contribution in [-0.2, 0) is 11.3 Å². The first-order valence-electron chi connectivity index (χ1n) is 6.73. The van der Waals surface area contributed by atoms with Gasteiger partial charge in [-0.15, -0.1) is 0 Å². The van der Waals surface area contributed by atoms with Crippen molar-refractivity contribution < 1.29 is 19.7 Å². The van der Waals surface area contributed by atoms with Gasteiger partial charge in [0.25, 0.3) is 5.69 Å². The van der Waals surface area contributed by atoms with Crippen molar-refractivity contribution in [2.24, 2.45) is 0 Å². The Labute approximate surface area is 134 Å². The molecule has 126 valence electrons. The fourth-order valence-corrected chi connectivity index (χ4v) is 1.97. The molecule has 1 aromatic carbocycles. The molecule has 0 unspecified atom stereocenters. The number of aryl methyl sites for hydroxylation is 2. The first-order chi connectivity index (χ1) is 11.3. The highest BCUT2D eigenvalue weighted by Crippen LogP contribution is 2.27. The first-order valence-corrected chi connectivity index (χ1v) is 6.73.